The molecule has 1 N–H and O–H groups in total. The van der Waals surface area contributed by atoms with E-state index in [-0.39, 0.29) is 0 Å². The lowest BCUT2D eigenvalue weighted by Gasteiger charge is -2.03. The number of nitrogens with one attached hydrogen (secondary N) is 1. The summed E-state index contributed by atoms with van der Waals surface area (Å²) in [6.07, 6.45) is 1.78. The highest BCUT2D eigenvalue weighted by Gasteiger charge is 2.09. The Bertz CT molecular complexity index is 876. The molecule has 0 aliphatic carbocycles. The summed E-state index contributed by atoms with van der Waals surface area (Å²) < 4.78 is 7.30. The highest BCUT2D eigenvalue weighted by atomic mass is 32.1. The molecule has 22 heavy (non-hydrogen) atoms. The number of methoxy groups -OCH3 is 1. The van der Waals surface area contributed by atoms with Gasteiger partial charge in [0.2, 0.25) is 4.77 Å². The second-order valence-electron chi connectivity index (χ2n) is 4.59. The minimum Gasteiger partial charge on any atom is -0.497 e. The van der Waals surface area contributed by atoms with Crippen LogP contribution in [0.15, 0.2) is 41.5 Å². The number of rotatable bonds is 4. The van der Waals surface area contributed by atoms with E-state index in [0.29, 0.717) is 10.6 Å². The van der Waals surface area contributed by atoms with Gasteiger partial charge in [0.25, 0.3) is 0 Å². The molecular formula is C15H14N4OS2. The quantitative estimate of drug-likeness (QED) is 0.583. The number of benzene rings is 1. The number of thiophene rings is 1. The molecule has 112 valence electrons. The summed E-state index contributed by atoms with van der Waals surface area (Å²) in [4.78, 5) is 2.31. The molecule has 5 nitrogen and oxygen atoms in total. The average molecular weight is 330 g/mol. The predicted molar refractivity (Wildman–Crippen MR) is 91.4 cm³/mol. The number of H-pyrrole nitrogens is 1. The van der Waals surface area contributed by atoms with E-state index in [0.717, 1.165) is 16.2 Å². The van der Waals surface area contributed by atoms with Crippen LogP contribution >= 0.6 is 23.6 Å². The third-order valence-corrected chi connectivity index (χ3v) is 4.24. The Hall–Kier alpha value is -2.25. The lowest BCUT2D eigenvalue weighted by Crippen LogP contribution is -1.95. The van der Waals surface area contributed by atoms with Crippen molar-refractivity contribution in [1.82, 2.24) is 14.9 Å². The molecule has 0 radical (unpaired) electrons. The first kappa shape index (κ1) is 14.7. The molecule has 3 rings (SSSR count). The van der Waals surface area contributed by atoms with Gasteiger partial charge in [0.15, 0.2) is 5.82 Å². The van der Waals surface area contributed by atoms with E-state index < -0.39 is 0 Å². The fourth-order valence-corrected chi connectivity index (χ4v) is 2.91. The van der Waals surface area contributed by atoms with Crippen LogP contribution in [-0.4, -0.2) is 28.2 Å². The van der Waals surface area contributed by atoms with Crippen LogP contribution in [0.25, 0.3) is 11.4 Å². The Kier molecular flexibility index (Phi) is 4.17. The molecule has 3 aromatic rings. The molecule has 0 unspecified atom stereocenters. The van der Waals surface area contributed by atoms with Gasteiger partial charge >= 0.3 is 0 Å². The minimum atomic E-state index is 0.447. The van der Waals surface area contributed by atoms with Gasteiger partial charge in [-0.1, -0.05) is 12.1 Å². The van der Waals surface area contributed by atoms with Gasteiger partial charge in [-0.2, -0.15) is 14.9 Å². The van der Waals surface area contributed by atoms with Crippen LogP contribution < -0.4 is 4.74 Å². The molecule has 2 heterocycles. The Labute approximate surface area is 136 Å². The SMILES string of the molecule is COc1cccc(-c2n[nH]c(=S)n2/N=C\c2ccc(C)s2)c1. The minimum absolute atomic E-state index is 0.447. The Morgan fingerprint density at radius 1 is 1.36 bits per heavy atom. The zero-order valence-corrected chi connectivity index (χ0v) is 13.7. The number of aromatic nitrogens is 3. The zero-order chi connectivity index (χ0) is 15.5. The topological polar surface area (TPSA) is 55.2 Å². The van der Waals surface area contributed by atoms with E-state index in [1.54, 1.807) is 29.3 Å². The van der Waals surface area contributed by atoms with Gasteiger partial charge in [0, 0.05) is 15.3 Å². The van der Waals surface area contributed by atoms with Crippen LogP contribution in [-0.2, 0) is 0 Å². The molecule has 0 bridgehead atoms. The van der Waals surface area contributed by atoms with Gasteiger partial charge in [-0.15, -0.1) is 11.3 Å². The summed E-state index contributed by atoms with van der Waals surface area (Å²) in [7, 11) is 1.63. The number of hydrogen-bond donors (Lipinski definition) is 1. The van der Waals surface area contributed by atoms with Crippen molar-refractivity contribution in [3.63, 3.8) is 0 Å². The molecule has 2 aromatic heterocycles. The molecule has 0 atom stereocenters. The van der Waals surface area contributed by atoms with Crippen molar-refractivity contribution in [2.75, 3.05) is 7.11 Å². The molecule has 0 fully saturated rings. The molecule has 0 aliphatic rings. The normalized spacial score (nSPS) is 11.2. The van der Waals surface area contributed by atoms with E-state index in [2.05, 4.69) is 28.3 Å². The molecule has 0 saturated heterocycles. The van der Waals surface area contributed by atoms with Crippen molar-refractivity contribution in [2.24, 2.45) is 5.10 Å². The van der Waals surface area contributed by atoms with Crippen LogP contribution in [0, 0.1) is 11.7 Å². The fraction of sp³-hybridized carbons (Fsp3) is 0.133. The maximum Gasteiger partial charge on any atom is 0.216 e. The lowest BCUT2D eigenvalue weighted by atomic mass is 10.2. The van der Waals surface area contributed by atoms with Crippen molar-refractivity contribution >= 4 is 29.8 Å². The van der Waals surface area contributed by atoms with Crippen molar-refractivity contribution in [2.45, 2.75) is 6.92 Å². The Balaban J connectivity index is 2.00. The highest BCUT2D eigenvalue weighted by Crippen LogP contribution is 2.22. The summed E-state index contributed by atoms with van der Waals surface area (Å²) in [5, 5.41) is 11.5. The van der Waals surface area contributed by atoms with Gasteiger partial charge in [-0.05, 0) is 43.4 Å². The van der Waals surface area contributed by atoms with Crippen LogP contribution in [0.3, 0.4) is 0 Å². The van der Waals surface area contributed by atoms with Gasteiger partial charge in [0.1, 0.15) is 5.75 Å². The van der Waals surface area contributed by atoms with Gasteiger partial charge < -0.3 is 4.74 Å². The van der Waals surface area contributed by atoms with Crippen LogP contribution in [0.4, 0.5) is 0 Å². The third kappa shape index (κ3) is 3.00. The first-order chi connectivity index (χ1) is 10.7. The second kappa shape index (κ2) is 6.25. The largest absolute Gasteiger partial charge is 0.497 e. The summed E-state index contributed by atoms with van der Waals surface area (Å²) in [6, 6.07) is 11.7. The predicted octanol–water partition coefficient (Wildman–Crippen LogP) is 3.87. The number of aromatic amines is 1. The van der Waals surface area contributed by atoms with Gasteiger partial charge in [-0.3, -0.25) is 0 Å². The van der Waals surface area contributed by atoms with Crippen molar-refractivity contribution in [3.8, 4) is 17.1 Å². The van der Waals surface area contributed by atoms with E-state index in [4.69, 9.17) is 17.0 Å². The molecule has 1 aromatic carbocycles. The molecule has 0 spiro atoms. The summed E-state index contributed by atoms with van der Waals surface area (Å²) in [5.74, 6) is 1.41. The van der Waals surface area contributed by atoms with Gasteiger partial charge in [0.05, 0.1) is 13.3 Å². The monoisotopic (exact) mass is 330 g/mol. The molecule has 0 amide bonds. The fourth-order valence-electron chi connectivity index (χ4n) is 1.99. The van der Waals surface area contributed by atoms with E-state index in [1.165, 1.54) is 4.88 Å². The standard InChI is InChI=1S/C15H14N4OS2/c1-10-6-7-13(22-10)9-16-19-14(17-18-15(19)21)11-4-3-5-12(8-11)20-2/h3-9H,1-2H3,(H,18,21)/b16-9-. The molecule has 0 saturated carbocycles. The second-order valence-corrected chi connectivity index (χ2v) is 6.30. The van der Waals surface area contributed by atoms with E-state index in [1.807, 2.05) is 30.3 Å². The lowest BCUT2D eigenvalue weighted by molar-refractivity contribution is 0.415. The average Bonchev–Trinajstić information content (AvgIpc) is 3.11. The molecule has 7 heteroatoms. The smallest absolute Gasteiger partial charge is 0.216 e. The van der Waals surface area contributed by atoms with E-state index in [9.17, 15) is 0 Å². The molecule has 0 aliphatic heterocycles. The van der Waals surface area contributed by atoms with Crippen LogP contribution in [0.2, 0.25) is 0 Å². The van der Waals surface area contributed by atoms with E-state index >= 15 is 0 Å². The highest BCUT2D eigenvalue weighted by molar-refractivity contribution is 7.71. The maximum absolute atomic E-state index is 5.26. The zero-order valence-electron chi connectivity index (χ0n) is 12.1. The number of nitrogens with zero attached hydrogens (tertiary/aromatic N) is 3. The molecular weight excluding hydrogens is 316 g/mol. The third-order valence-electron chi connectivity index (χ3n) is 3.04. The Morgan fingerprint density at radius 2 is 2.23 bits per heavy atom. The number of ether oxygens (including phenoxy) is 1. The van der Waals surface area contributed by atoms with Crippen molar-refractivity contribution < 1.29 is 4.74 Å². The van der Waals surface area contributed by atoms with Crippen molar-refractivity contribution in [3.05, 3.63) is 50.9 Å². The van der Waals surface area contributed by atoms with Crippen LogP contribution in [0.1, 0.15) is 9.75 Å². The van der Waals surface area contributed by atoms with Gasteiger partial charge in [-0.25, -0.2) is 5.10 Å². The maximum atomic E-state index is 5.26. The first-order valence-electron chi connectivity index (χ1n) is 6.60. The number of aryl methyl sites for hydroxylation is 1. The Morgan fingerprint density at radius 3 is 2.95 bits per heavy atom. The number of hydrogen-bond acceptors (Lipinski definition) is 5. The summed E-state index contributed by atoms with van der Waals surface area (Å²) in [6.45, 7) is 2.06. The van der Waals surface area contributed by atoms with Crippen LogP contribution in [0.5, 0.6) is 5.75 Å². The van der Waals surface area contributed by atoms with Crippen molar-refractivity contribution in [1.29, 1.82) is 0 Å². The first-order valence-corrected chi connectivity index (χ1v) is 7.82. The summed E-state index contributed by atoms with van der Waals surface area (Å²) >= 11 is 6.93. The summed E-state index contributed by atoms with van der Waals surface area (Å²) in [5.41, 5.74) is 0.881.